The van der Waals surface area contributed by atoms with Crippen LogP contribution in [0.2, 0.25) is 0 Å². The Bertz CT molecular complexity index is 318. The fourth-order valence-corrected chi connectivity index (χ4v) is 2.48. The molecule has 0 aromatic rings. The zero-order valence-electron chi connectivity index (χ0n) is 8.64. The van der Waals surface area contributed by atoms with Crippen LogP contribution in [0.4, 0.5) is 0 Å². The van der Waals surface area contributed by atoms with Crippen molar-refractivity contribution in [2.45, 2.75) is 18.1 Å². The van der Waals surface area contributed by atoms with E-state index in [1.54, 1.807) is 0 Å². The predicted molar refractivity (Wildman–Crippen MR) is 62.6 cm³/mol. The van der Waals surface area contributed by atoms with Gasteiger partial charge in [0.25, 0.3) is 0 Å². The molecule has 0 saturated carbocycles. The van der Waals surface area contributed by atoms with Crippen molar-refractivity contribution in [3.63, 3.8) is 0 Å². The van der Waals surface area contributed by atoms with Crippen molar-refractivity contribution >= 4 is 0 Å². The van der Waals surface area contributed by atoms with Gasteiger partial charge in [0.05, 0.1) is 0 Å². The molecule has 4 atom stereocenters. The van der Waals surface area contributed by atoms with E-state index in [9.17, 15) is 0 Å². The van der Waals surface area contributed by atoms with Gasteiger partial charge in [-0.2, -0.15) is 0 Å². The molecular weight excluding hydrogens is 184 g/mol. The maximum atomic E-state index is 3.68. The lowest BCUT2D eigenvalue weighted by Gasteiger charge is -2.26. The predicted octanol–water partition coefficient (Wildman–Crippen LogP) is 1.15. The minimum absolute atomic E-state index is 0.432. The number of hydrogen-bond acceptors (Lipinski definition) is 2. The molecule has 0 radical (unpaired) electrons. The van der Waals surface area contributed by atoms with E-state index in [0.29, 0.717) is 24.0 Å². The van der Waals surface area contributed by atoms with E-state index in [1.807, 2.05) is 0 Å². The van der Waals surface area contributed by atoms with E-state index >= 15 is 0 Å². The van der Waals surface area contributed by atoms with Crippen LogP contribution >= 0.6 is 0 Å². The van der Waals surface area contributed by atoms with E-state index in [2.05, 4.69) is 59.2 Å². The SMILES string of the molecule is C1=CC2CNC3C=CC=CC3NC2C=C1. The van der Waals surface area contributed by atoms with Crippen LogP contribution < -0.4 is 10.6 Å². The Morgan fingerprint density at radius 1 is 0.733 bits per heavy atom. The van der Waals surface area contributed by atoms with Gasteiger partial charge in [-0.05, 0) is 0 Å². The molecule has 15 heavy (non-hydrogen) atoms. The second kappa shape index (κ2) is 3.80. The summed E-state index contributed by atoms with van der Waals surface area (Å²) in [7, 11) is 0. The van der Waals surface area contributed by atoms with Crippen LogP contribution in [0.3, 0.4) is 0 Å². The van der Waals surface area contributed by atoms with Gasteiger partial charge in [-0.1, -0.05) is 48.6 Å². The van der Waals surface area contributed by atoms with Crippen molar-refractivity contribution in [2.24, 2.45) is 5.92 Å². The molecule has 78 valence electrons. The first-order chi connectivity index (χ1) is 7.43. The van der Waals surface area contributed by atoms with Crippen molar-refractivity contribution in [3.05, 3.63) is 48.6 Å². The van der Waals surface area contributed by atoms with Crippen molar-refractivity contribution in [1.82, 2.24) is 10.6 Å². The zero-order valence-corrected chi connectivity index (χ0v) is 8.64. The number of fused-ring (bicyclic) bond motifs is 2. The summed E-state index contributed by atoms with van der Waals surface area (Å²) in [5.41, 5.74) is 0. The molecule has 2 nitrogen and oxygen atoms in total. The second-order valence-electron chi connectivity index (χ2n) is 4.36. The normalized spacial score (nSPS) is 42.1. The molecule has 2 aliphatic carbocycles. The summed E-state index contributed by atoms with van der Waals surface area (Å²) in [6.45, 7) is 1.05. The van der Waals surface area contributed by atoms with Gasteiger partial charge in [-0.3, -0.25) is 0 Å². The van der Waals surface area contributed by atoms with Gasteiger partial charge in [0, 0.05) is 30.6 Å². The van der Waals surface area contributed by atoms with E-state index in [4.69, 9.17) is 0 Å². The Kier molecular flexibility index (Phi) is 2.31. The lowest BCUT2D eigenvalue weighted by molar-refractivity contribution is 0.477. The Labute approximate surface area is 90.4 Å². The maximum absolute atomic E-state index is 3.68. The van der Waals surface area contributed by atoms with Gasteiger partial charge in [0.1, 0.15) is 0 Å². The number of rotatable bonds is 0. The number of nitrogens with one attached hydrogen (secondary N) is 2. The lowest BCUT2D eigenvalue weighted by atomic mass is 9.95. The average Bonchev–Trinajstić information content (AvgIpc) is 2.48. The molecule has 1 fully saturated rings. The van der Waals surface area contributed by atoms with Crippen LogP contribution in [-0.2, 0) is 0 Å². The largest absolute Gasteiger partial charge is 0.308 e. The molecule has 0 amide bonds. The number of allylic oxidation sites excluding steroid dienone is 4. The molecule has 1 aliphatic heterocycles. The van der Waals surface area contributed by atoms with Crippen LogP contribution in [0.5, 0.6) is 0 Å². The smallest absolute Gasteiger partial charge is 0.0449 e. The van der Waals surface area contributed by atoms with Crippen molar-refractivity contribution in [2.75, 3.05) is 6.54 Å². The highest BCUT2D eigenvalue weighted by Crippen LogP contribution is 2.18. The summed E-state index contributed by atoms with van der Waals surface area (Å²) in [6, 6.07) is 1.36. The summed E-state index contributed by atoms with van der Waals surface area (Å²) in [4.78, 5) is 0. The van der Waals surface area contributed by atoms with Gasteiger partial charge in [0.15, 0.2) is 0 Å². The zero-order chi connectivity index (χ0) is 10.1. The molecule has 0 bridgehead atoms. The Morgan fingerprint density at radius 2 is 1.40 bits per heavy atom. The molecule has 0 aromatic carbocycles. The average molecular weight is 200 g/mol. The second-order valence-corrected chi connectivity index (χ2v) is 4.36. The van der Waals surface area contributed by atoms with Gasteiger partial charge in [0.2, 0.25) is 0 Å². The molecular formula is C13H16N2. The molecule has 2 N–H and O–H groups in total. The van der Waals surface area contributed by atoms with Crippen LogP contribution in [-0.4, -0.2) is 24.7 Å². The summed E-state index contributed by atoms with van der Waals surface area (Å²) in [5, 5.41) is 7.28. The van der Waals surface area contributed by atoms with Crippen LogP contribution in [0.25, 0.3) is 0 Å². The third kappa shape index (κ3) is 1.71. The van der Waals surface area contributed by atoms with Crippen molar-refractivity contribution in [3.8, 4) is 0 Å². The highest BCUT2D eigenvalue weighted by molar-refractivity contribution is 5.25. The third-order valence-electron chi connectivity index (χ3n) is 3.36. The van der Waals surface area contributed by atoms with E-state index in [-0.39, 0.29) is 0 Å². The van der Waals surface area contributed by atoms with Crippen molar-refractivity contribution in [1.29, 1.82) is 0 Å². The maximum Gasteiger partial charge on any atom is 0.0449 e. The Balaban J connectivity index is 1.83. The van der Waals surface area contributed by atoms with Crippen LogP contribution in [0, 0.1) is 5.92 Å². The van der Waals surface area contributed by atoms with Gasteiger partial charge in [-0.15, -0.1) is 0 Å². The van der Waals surface area contributed by atoms with Crippen molar-refractivity contribution < 1.29 is 0 Å². The lowest BCUT2D eigenvalue weighted by Crippen LogP contribution is -2.46. The molecule has 2 heteroatoms. The minimum Gasteiger partial charge on any atom is -0.308 e. The van der Waals surface area contributed by atoms with E-state index < -0.39 is 0 Å². The van der Waals surface area contributed by atoms with E-state index in [1.165, 1.54) is 0 Å². The fourth-order valence-electron chi connectivity index (χ4n) is 2.48. The molecule has 0 aromatic heterocycles. The summed E-state index contributed by atoms with van der Waals surface area (Å²) < 4.78 is 0. The van der Waals surface area contributed by atoms with E-state index in [0.717, 1.165) is 6.54 Å². The molecule has 4 unspecified atom stereocenters. The Hall–Kier alpha value is -1.12. The molecule has 3 rings (SSSR count). The first-order valence-corrected chi connectivity index (χ1v) is 5.63. The summed E-state index contributed by atoms with van der Waals surface area (Å²) in [6.07, 6.45) is 17.6. The summed E-state index contributed by atoms with van der Waals surface area (Å²) >= 11 is 0. The first-order valence-electron chi connectivity index (χ1n) is 5.63. The molecule has 3 aliphatic rings. The Morgan fingerprint density at radius 3 is 2.27 bits per heavy atom. The number of hydrogen-bond donors (Lipinski definition) is 2. The highest BCUT2D eigenvalue weighted by atomic mass is 15.1. The quantitative estimate of drug-likeness (QED) is 0.613. The molecule has 1 saturated heterocycles. The van der Waals surface area contributed by atoms with Crippen LogP contribution in [0.1, 0.15) is 0 Å². The molecule has 0 spiro atoms. The third-order valence-corrected chi connectivity index (χ3v) is 3.36. The highest BCUT2D eigenvalue weighted by Gasteiger charge is 2.29. The summed E-state index contributed by atoms with van der Waals surface area (Å²) in [5.74, 6) is 0.586. The van der Waals surface area contributed by atoms with Gasteiger partial charge in [-0.25, -0.2) is 0 Å². The van der Waals surface area contributed by atoms with Gasteiger partial charge < -0.3 is 10.6 Å². The fraction of sp³-hybridized carbons (Fsp3) is 0.385. The van der Waals surface area contributed by atoms with Gasteiger partial charge >= 0.3 is 0 Å². The standard InChI is InChI=1S/C13H16N2/c1-2-6-11-10(5-1)9-14-12-7-3-4-8-13(12)15-11/h1-8,10-15H,9H2. The topological polar surface area (TPSA) is 24.1 Å². The molecule has 1 heterocycles. The monoisotopic (exact) mass is 200 g/mol. The minimum atomic E-state index is 0.432. The first kappa shape index (κ1) is 9.13. The van der Waals surface area contributed by atoms with Crippen LogP contribution in [0.15, 0.2) is 48.6 Å².